The number of esters is 1. The molecule has 16 heavy (non-hydrogen) atoms. The van der Waals surface area contributed by atoms with Gasteiger partial charge in [0.25, 0.3) is 0 Å². The first-order valence-corrected chi connectivity index (χ1v) is 4.91. The Morgan fingerprint density at radius 2 is 2.19 bits per heavy atom. The predicted molar refractivity (Wildman–Crippen MR) is 56.4 cm³/mol. The molecule has 5 heteroatoms. The van der Waals surface area contributed by atoms with Gasteiger partial charge in [-0.25, -0.2) is 0 Å². The Bertz CT molecular complexity index is 467. The van der Waals surface area contributed by atoms with Crippen molar-refractivity contribution in [2.75, 3.05) is 5.32 Å². The van der Waals surface area contributed by atoms with Gasteiger partial charge in [-0.2, -0.15) is 0 Å². The smallest absolute Gasteiger partial charge is 0.308 e. The molecule has 0 spiro atoms. The van der Waals surface area contributed by atoms with Crippen molar-refractivity contribution in [1.29, 1.82) is 0 Å². The molecule has 1 aliphatic rings. The Hall–Kier alpha value is -2.04. The van der Waals surface area contributed by atoms with Gasteiger partial charge in [-0.3, -0.25) is 9.59 Å². The normalized spacial score (nSPS) is 13.9. The van der Waals surface area contributed by atoms with E-state index in [9.17, 15) is 14.7 Å². The Kier molecular flexibility index (Phi) is 2.52. The number of rotatable bonds is 1. The van der Waals surface area contributed by atoms with Crippen LogP contribution in [0.5, 0.6) is 11.5 Å². The Morgan fingerprint density at radius 3 is 2.88 bits per heavy atom. The van der Waals surface area contributed by atoms with Gasteiger partial charge in [0.1, 0.15) is 11.5 Å². The molecule has 2 rings (SSSR count). The van der Waals surface area contributed by atoms with Gasteiger partial charge in [-0.05, 0) is 18.6 Å². The van der Waals surface area contributed by atoms with E-state index >= 15 is 0 Å². The second-order valence-corrected chi connectivity index (χ2v) is 3.58. The van der Waals surface area contributed by atoms with Crippen LogP contribution in [0.25, 0.3) is 0 Å². The number of carbonyl (C=O) groups is 2. The summed E-state index contributed by atoms with van der Waals surface area (Å²) < 4.78 is 5.00. The lowest BCUT2D eigenvalue weighted by atomic mass is 10.0. The van der Waals surface area contributed by atoms with Crippen LogP contribution in [-0.2, 0) is 16.0 Å². The van der Waals surface area contributed by atoms with E-state index in [4.69, 9.17) is 4.74 Å². The van der Waals surface area contributed by atoms with Gasteiger partial charge >= 0.3 is 5.97 Å². The maximum atomic E-state index is 11.2. The monoisotopic (exact) mass is 221 g/mol. The van der Waals surface area contributed by atoms with Crippen molar-refractivity contribution < 1.29 is 19.4 Å². The number of benzene rings is 1. The van der Waals surface area contributed by atoms with E-state index in [1.807, 2.05) is 0 Å². The van der Waals surface area contributed by atoms with E-state index in [0.29, 0.717) is 29.8 Å². The molecule has 0 atom stereocenters. The number of amides is 1. The van der Waals surface area contributed by atoms with Gasteiger partial charge in [0, 0.05) is 18.9 Å². The third-order valence-electron chi connectivity index (χ3n) is 2.37. The molecule has 1 heterocycles. The lowest BCUT2D eigenvalue weighted by Gasteiger charge is -2.20. The largest absolute Gasteiger partial charge is 0.506 e. The molecule has 0 radical (unpaired) electrons. The van der Waals surface area contributed by atoms with Crippen LogP contribution < -0.4 is 10.1 Å². The highest BCUT2D eigenvalue weighted by Crippen LogP contribution is 2.37. The molecule has 0 unspecified atom stereocenters. The maximum absolute atomic E-state index is 11.2. The molecule has 2 N–H and O–H groups in total. The molecule has 1 aromatic rings. The summed E-state index contributed by atoms with van der Waals surface area (Å²) in [5.74, 6) is -0.202. The third-order valence-corrected chi connectivity index (χ3v) is 2.37. The molecule has 1 aliphatic heterocycles. The maximum Gasteiger partial charge on any atom is 0.308 e. The van der Waals surface area contributed by atoms with Crippen LogP contribution in [0, 0.1) is 0 Å². The zero-order valence-electron chi connectivity index (χ0n) is 8.74. The van der Waals surface area contributed by atoms with Crippen molar-refractivity contribution in [2.24, 2.45) is 0 Å². The number of anilines is 1. The number of carbonyl (C=O) groups excluding carboxylic acids is 2. The number of aromatic hydroxyl groups is 1. The Morgan fingerprint density at radius 1 is 1.44 bits per heavy atom. The molecule has 0 aromatic heterocycles. The standard InChI is InChI=1S/C11H11NO4/c1-6(13)16-9-4-3-8(14)11-7(9)2-5-10(15)12-11/h3-4,14H,2,5H2,1H3,(H,12,15). The minimum absolute atomic E-state index is 0.0149. The summed E-state index contributed by atoms with van der Waals surface area (Å²) in [5.41, 5.74) is 1.00. The molecule has 0 saturated heterocycles. The van der Waals surface area contributed by atoms with Crippen molar-refractivity contribution in [3.05, 3.63) is 17.7 Å². The van der Waals surface area contributed by atoms with E-state index in [0.717, 1.165) is 0 Å². The number of hydrogen-bond donors (Lipinski definition) is 2. The van der Waals surface area contributed by atoms with Crippen molar-refractivity contribution in [3.63, 3.8) is 0 Å². The Labute approximate surface area is 92.0 Å². The summed E-state index contributed by atoms with van der Waals surface area (Å²) in [5, 5.41) is 12.1. The summed E-state index contributed by atoms with van der Waals surface area (Å²) >= 11 is 0. The lowest BCUT2D eigenvalue weighted by Crippen LogP contribution is -2.20. The molecule has 0 saturated carbocycles. The molecule has 0 bridgehead atoms. The SMILES string of the molecule is CC(=O)Oc1ccc(O)c2c1CCC(=O)N2. The van der Waals surface area contributed by atoms with Gasteiger partial charge in [-0.1, -0.05) is 0 Å². The number of phenolic OH excluding ortho intramolecular Hbond substituents is 1. The van der Waals surface area contributed by atoms with Crippen molar-refractivity contribution in [2.45, 2.75) is 19.8 Å². The molecular formula is C11H11NO4. The van der Waals surface area contributed by atoms with Gasteiger partial charge in [0.2, 0.25) is 5.91 Å². The van der Waals surface area contributed by atoms with Gasteiger partial charge in [-0.15, -0.1) is 0 Å². The molecular weight excluding hydrogens is 210 g/mol. The molecule has 1 aromatic carbocycles. The fourth-order valence-corrected chi connectivity index (χ4v) is 1.69. The first-order valence-electron chi connectivity index (χ1n) is 4.91. The van der Waals surface area contributed by atoms with Crippen molar-refractivity contribution in [1.82, 2.24) is 0 Å². The molecule has 0 fully saturated rings. The van der Waals surface area contributed by atoms with Gasteiger partial charge in [0.15, 0.2) is 0 Å². The summed E-state index contributed by atoms with van der Waals surface area (Å²) in [6.07, 6.45) is 0.781. The Balaban J connectivity index is 2.46. The summed E-state index contributed by atoms with van der Waals surface area (Å²) in [6, 6.07) is 2.91. The fraction of sp³-hybridized carbons (Fsp3) is 0.273. The van der Waals surface area contributed by atoms with Crippen LogP contribution >= 0.6 is 0 Å². The third kappa shape index (κ3) is 1.84. The number of nitrogens with one attached hydrogen (secondary N) is 1. The number of fused-ring (bicyclic) bond motifs is 1. The highest BCUT2D eigenvalue weighted by Gasteiger charge is 2.22. The first kappa shape index (κ1) is 10.5. The summed E-state index contributed by atoms with van der Waals surface area (Å²) in [4.78, 5) is 22.1. The van der Waals surface area contributed by atoms with E-state index in [-0.39, 0.29) is 11.7 Å². The summed E-state index contributed by atoms with van der Waals surface area (Å²) in [7, 11) is 0. The zero-order valence-corrected chi connectivity index (χ0v) is 8.74. The van der Waals surface area contributed by atoms with Gasteiger partial charge < -0.3 is 15.2 Å². The van der Waals surface area contributed by atoms with E-state index in [1.54, 1.807) is 0 Å². The number of phenols is 1. The van der Waals surface area contributed by atoms with Crippen LogP contribution in [0.15, 0.2) is 12.1 Å². The average Bonchev–Trinajstić information content (AvgIpc) is 2.22. The molecule has 1 amide bonds. The van der Waals surface area contributed by atoms with Crippen molar-refractivity contribution >= 4 is 17.6 Å². The van der Waals surface area contributed by atoms with Crippen LogP contribution in [-0.4, -0.2) is 17.0 Å². The van der Waals surface area contributed by atoms with E-state index < -0.39 is 5.97 Å². The highest BCUT2D eigenvalue weighted by atomic mass is 16.5. The summed E-state index contributed by atoms with van der Waals surface area (Å²) in [6.45, 7) is 1.31. The second kappa shape index (κ2) is 3.84. The minimum atomic E-state index is -0.426. The minimum Gasteiger partial charge on any atom is -0.506 e. The quantitative estimate of drug-likeness (QED) is 0.424. The fourth-order valence-electron chi connectivity index (χ4n) is 1.69. The second-order valence-electron chi connectivity index (χ2n) is 3.58. The molecule has 0 aliphatic carbocycles. The van der Waals surface area contributed by atoms with Crippen molar-refractivity contribution in [3.8, 4) is 11.5 Å². The van der Waals surface area contributed by atoms with Crippen LogP contribution in [0.3, 0.4) is 0 Å². The first-order chi connectivity index (χ1) is 7.58. The topological polar surface area (TPSA) is 75.6 Å². The van der Waals surface area contributed by atoms with Gasteiger partial charge in [0.05, 0.1) is 5.69 Å². The molecule has 5 nitrogen and oxygen atoms in total. The zero-order chi connectivity index (χ0) is 11.7. The lowest BCUT2D eigenvalue weighted by molar-refractivity contribution is -0.131. The number of ether oxygens (including phenoxy) is 1. The molecule has 84 valence electrons. The van der Waals surface area contributed by atoms with Crippen LogP contribution in [0.1, 0.15) is 18.9 Å². The predicted octanol–water partition coefficient (Wildman–Crippen LogP) is 1.20. The van der Waals surface area contributed by atoms with E-state index in [2.05, 4.69) is 5.32 Å². The van der Waals surface area contributed by atoms with E-state index in [1.165, 1.54) is 19.1 Å². The van der Waals surface area contributed by atoms with Crippen LogP contribution in [0.4, 0.5) is 5.69 Å². The highest BCUT2D eigenvalue weighted by molar-refractivity contribution is 5.96. The average molecular weight is 221 g/mol. The number of hydrogen-bond acceptors (Lipinski definition) is 4. The van der Waals surface area contributed by atoms with Crippen LogP contribution in [0.2, 0.25) is 0 Å².